The van der Waals surface area contributed by atoms with Crippen molar-refractivity contribution >= 4 is 11.6 Å². The molecule has 2 rings (SSSR count). The van der Waals surface area contributed by atoms with Crippen molar-refractivity contribution in [2.24, 2.45) is 0 Å². The number of hydrogen-bond acceptors (Lipinski definition) is 3. The first-order valence-corrected chi connectivity index (χ1v) is 6.81. The average Bonchev–Trinajstić information content (AvgIpc) is 2.50. The summed E-state index contributed by atoms with van der Waals surface area (Å²) in [5, 5.41) is 2.74. The molecule has 116 valence electrons. The molecule has 4 nitrogen and oxygen atoms in total. The van der Waals surface area contributed by atoms with Gasteiger partial charge in [0.15, 0.2) is 0 Å². The van der Waals surface area contributed by atoms with E-state index in [1.165, 1.54) is 13.2 Å². The number of ether oxygens (including phenoxy) is 2. The van der Waals surface area contributed by atoms with Crippen molar-refractivity contribution in [3.8, 4) is 11.5 Å². The molecule has 2 aromatic carbocycles. The van der Waals surface area contributed by atoms with Gasteiger partial charge >= 0.3 is 0 Å². The van der Waals surface area contributed by atoms with Crippen LogP contribution >= 0.6 is 0 Å². The van der Waals surface area contributed by atoms with Crippen molar-refractivity contribution in [2.75, 3.05) is 19.5 Å². The molecule has 1 amide bonds. The van der Waals surface area contributed by atoms with Gasteiger partial charge in [0.2, 0.25) is 5.91 Å². The predicted molar refractivity (Wildman–Crippen MR) is 83.0 cm³/mol. The number of methoxy groups -OCH3 is 2. The Balaban J connectivity index is 2.18. The van der Waals surface area contributed by atoms with Crippen LogP contribution in [-0.2, 0) is 11.2 Å². The zero-order valence-corrected chi connectivity index (χ0v) is 12.8. The summed E-state index contributed by atoms with van der Waals surface area (Å²) in [6, 6.07) is 9.66. The second-order valence-corrected chi connectivity index (χ2v) is 4.79. The second-order valence-electron chi connectivity index (χ2n) is 4.79. The van der Waals surface area contributed by atoms with Gasteiger partial charge in [-0.1, -0.05) is 18.2 Å². The minimum Gasteiger partial charge on any atom is -0.496 e. The fourth-order valence-corrected chi connectivity index (χ4v) is 2.27. The fraction of sp³-hybridized carbons (Fsp3) is 0.235. The molecule has 0 saturated heterocycles. The van der Waals surface area contributed by atoms with E-state index in [0.29, 0.717) is 22.7 Å². The Kier molecular flexibility index (Phi) is 4.99. The van der Waals surface area contributed by atoms with Gasteiger partial charge in [0.1, 0.15) is 17.3 Å². The highest BCUT2D eigenvalue weighted by molar-refractivity contribution is 5.94. The van der Waals surface area contributed by atoms with E-state index in [9.17, 15) is 9.18 Å². The highest BCUT2D eigenvalue weighted by Crippen LogP contribution is 2.34. The van der Waals surface area contributed by atoms with E-state index in [4.69, 9.17) is 9.47 Å². The van der Waals surface area contributed by atoms with Gasteiger partial charge in [-0.25, -0.2) is 4.39 Å². The molecule has 0 saturated carbocycles. The van der Waals surface area contributed by atoms with E-state index >= 15 is 0 Å². The molecule has 0 fully saturated rings. The van der Waals surface area contributed by atoms with Crippen LogP contribution in [0.4, 0.5) is 10.1 Å². The first kappa shape index (κ1) is 15.8. The van der Waals surface area contributed by atoms with Crippen LogP contribution in [0.2, 0.25) is 0 Å². The summed E-state index contributed by atoms with van der Waals surface area (Å²) in [5.74, 6) is 0.494. The van der Waals surface area contributed by atoms with Gasteiger partial charge in [0, 0.05) is 5.56 Å². The minimum absolute atomic E-state index is 0.0408. The predicted octanol–water partition coefficient (Wildman–Crippen LogP) is 3.33. The lowest BCUT2D eigenvalue weighted by Gasteiger charge is -2.15. The maximum Gasteiger partial charge on any atom is 0.229 e. The zero-order chi connectivity index (χ0) is 16.1. The highest BCUT2D eigenvalue weighted by Gasteiger charge is 2.14. The largest absolute Gasteiger partial charge is 0.496 e. The molecule has 0 atom stereocenters. The maximum absolute atomic E-state index is 13.6. The normalized spacial score (nSPS) is 10.2. The second kappa shape index (κ2) is 6.93. The Morgan fingerprint density at radius 3 is 2.50 bits per heavy atom. The van der Waals surface area contributed by atoms with Gasteiger partial charge in [0.05, 0.1) is 26.3 Å². The highest BCUT2D eigenvalue weighted by atomic mass is 19.1. The van der Waals surface area contributed by atoms with Crippen molar-refractivity contribution in [2.45, 2.75) is 13.3 Å². The standard InChI is InChI=1S/C17H18FNO3/c1-11-15(21-2)9-8-14(17(11)22-3)19-16(20)10-12-6-4-5-7-13(12)18/h4-9H,10H2,1-3H3,(H,19,20). The van der Waals surface area contributed by atoms with E-state index in [0.717, 1.165) is 5.56 Å². The van der Waals surface area contributed by atoms with Crippen molar-refractivity contribution < 1.29 is 18.7 Å². The SMILES string of the molecule is COc1ccc(NC(=O)Cc2ccccc2F)c(OC)c1C. The molecule has 5 heteroatoms. The molecular weight excluding hydrogens is 285 g/mol. The van der Waals surface area contributed by atoms with Crippen LogP contribution in [0.25, 0.3) is 0 Å². The number of nitrogens with one attached hydrogen (secondary N) is 1. The molecule has 0 bridgehead atoms. The van der Waals surface area contributed by atoms with E-state index in [1.54, 1.807) is 37.4 Å². The lowest BCUT2D eigenvalue weighted by molar-refractivity contribution is -0.115. The van der Waals surface area contributed by atoms with Crippen molar-refractivity contribution in [3.05, 3.63) is 53.3 Å². The van der Waals surface area contributed by atoms with Crippen LogP contribution < -0.4 is 14.8 Å². The van der Waals surface area contributed by atoms with Gasteiger partial charge in [-0.05, 0) is 30.7 Å². The van der Waals surface area contributed by atoms with Crippen molar-refractivity contribution in [1.29, 1.82) is 0 Å². The number of rotatable bonds is 5. The molecule has 1 N–H and O–H groups in total. The van der Waals surface area contributed by atoms with Crippen LogP contribution in [0.15, 0.2) is 36.4 Å². The summed E-state index contributed by atoms with van der Waals surface area (Å²) in [6.45, 7) is 1.84. The Labute approximate surface area is 128 Å². The Morgan fingerprint density at radius 1 is 1.14 bits per heavy atom. The molecule has 2 aromatic rings. The maximum atomic E-state index is 13.6. The third kappa shape index (κ3) is 3.36. The van der Waals surface area contributed by atoms with E-state index in [2.05, 4.69) is 5.32 Å². The molecule has 0 spiro atoms. The summed E-state index contributed by atoms with van der Waals surface area (Å²) in [7, 11) is 3.09. The molecule has 0 unspecified atom stereocenters. The summed E-state index contributed by atoms with van der Waals surface area (Å²) < 4.78 is 24.1. The monoisotopic (exact) mass is 303 g/mol. The summed E-state index contributed by atoms with van der Waals surface area (Å²) in [6.07, 6.45) is -0.0408. The molecule has 0 aliphatic carbocycles. The molecule has 0 heterocycles. The van der Waals surface area contributed by atoms with Crippen LogP contribution in [0.5, 0.6) is 11.5 Å². The van der Waals surface area contributed by atoms with E-state index in [1.807, 2.05) is 6.92 Å². The number of amides is 1. The molecule has 0 aliphatic rings. The quantitative estimate of drug-likeness (QED) is 0.921. The number of hydrogen-bond donors (Lipinski definition) is 1. The minimum atomic E-state index is -0.393. The van der Waals surface area contributed by atoms with E-state index in [-0.39, 0.29) is 12.3 Å². The topological polar surface area (TPSA) is 47.6 Å². The fourth-order valence-electron chi connectivity index (χ4n) is 2.27. The number of halogens is 1. The average molecular weight is 303 g/mol. The Bertz CT molecular complexity index is 686. The zero-order valence-electron chi connectivity index (χ0n) is 12.8. The van der Waals surface area contributed by atoms with Crippen LogP contribution in [0, 0.1) is 12.7 Å². The molecular formula is C17H18FNO3. The molecule has 0 aromatic heterocycles. The lowest BCUT2D eigenvalue weighted by Crippen LogP contribution is -2.16. The molecule has 0 aliphatic heterocycles. The van der Waals surface area contributed by atoms with Gasteiger partial charge in [-0.3, -0.25) is 4.79 Å². The number of carbonyl (C=O) groups is 1. The Hall–Kier alpha value is -2.56. The third-order valence-electron chi connectivity index (χ3n) is 3.36. The lowest BCUT2D eigenvalue weighted by atomic mass is 10.1. The van der Waals surface area contributed by atoms with Crippen LogP contribution in [0.1, 0.15) is 11.1 Å². The number of anilines is 1. The number of benzene rings is 2. The van der Waals surface area contributed by atoms with Gasteiger partial charge in [0.25, 0.3) is 0 Å². The first-order chi connectivity index (χ1) is 10.6. The van der Waals surface area contributed by atoms with Gasteiger partial charge in [-0.2, -0.15) is 0 Å². The summed E-state index contributed by atoms with van der Waals surface area (Å²) >= 11 is 0. The summed E-state index contributed by atoms with van der Waals surface area (Å²) in [4.78, 5) is 12.1. The van der Waals surface area contributed by atoms with Gasteiger partial charge in [-0.15, -0.1) is 0 Å². The van der Waals surface area contributed by atoms with E-state index < -0.39 is 5.82 Å². The number of carbonyl (C=O) groups excluding carboxylic acids is 1. The van der Waals surface area contributed by atoms with Crippen molar-refractivity contribution in [3.63, 3.8) is 0 Å². The Morgan fingerprint density at radius 2 is 1.86 bits per heavy atom. The third-order valence-corrected chi connectivity index (χ3v) is 3.36. The molecule has 22 heavy (non-hydrogen) atoms. The first-order valence-electron chi connectivity index (χ1n) is 6.81. The van der Waals surface area contributed by atoms with Crippen LogP contribution in [-0.4, -0.2) is 20.1 Å². The molecule has 0 radical (unpaired) electrons. The van der Waals surface area contributed by atoms with Crippen LogP contribution in [0.3, 0.4) is 0 Å². The summed E-state index contributed by atoms with van der Waals surface area (Å²) in [5.41, 5.74) is 1.67. The smallest absolute Gasteiger partial charge is 0.229 e. The van der Waals surface area contributed by atoms with Crippen molar-refractivity contribution in [1.82, 2.24) is 0 Å². The van der Waals surface area contributed by atoms with Gasteiger partial charge < -0.3 is 14.8 Å².